The van der Waals surface area contributed by atoms with E-state index in [0.717, 1.165) is 0 Å². The van der Waals surface area contributed by atoms with Gasteiger partial charge in [0, 0.05) is 6.54 Å². The van der Waals surface area contributed by atoms with Crippen molar-refractivity contribution < 1.29 is 31.8 Å². The molecular formula is C16H13ClF5NO2. The first kappa shape index (κ1) is 19.3. The molecule has 2 aromatic carbocycles. The van der Waals surface area contributed by atoms with Crippen molar-refractivity contribution in [3.63, 3.8) is 0 Å². The molecular weight excluding hydrogens is 369 g/mol. The lowest BCUT2D eigenvalue weighted by atomic mass is 10.2. The van der Waals surface area contributed by atoms with Crippen LogP contribution < -0.4 is 10.1 Å². The summed E-state index contributed by atoms with van der Waals surface area (Å²) in [6.45, 7) is 0.0435. The molecule has 3 nitrogen and oxygen atoms in total. The number of hydrogen-bond donors (Lipinski definition) is 2. The monoisotopic (exact) mass is 381 g/mol. The number of aliphatic hydroxyl groups is 1. The van der Waals surface area contributed by atoms with Gasteiger partial charge >= 0.3 is 6.18 Å². The number of ether oxygens (including phenoxy) is 1. The van der Waals surface area contributed by atoms with E-state index in [4.69, 9.17) is 16.3 Å². The average Bonchev–Trinajstić information content (AvgIpc) is 2.55. The Morgan fingerprint density at radius 3 is 2.28 bits per heavy atom. The Bertz CT molecular complexity index is 716. The Labute approximate surface area is 145 Å². The second-order valence-corrected chi connectivity index (χ2v) is 5.36. The molecule has 0 saturated carbocycles. The normalized spacial score (nSPS) is 12.8. The molecule has 136 valence electrons. The molecule has 0 fully saturated rings. The van der Waals surface area contributed by atoms with Crippen molar-refractivity contribution in [1.82, 2.24) is 0 Å². The van der Waals surface area contributed by atoms with Crippen LogP contribution in [0, 0.1) is 11.6 Å². The minimum atomic E-state index is -4.88. The van der Waals surface area contributed by atoms with Gasteiger partial charge in [-0.3, -0.25) is 0 Å². The summed E-state index contributed by atoms with van der Waals surface area (Å²) in [4.78, 5) is 0. The highest BCUT2D eigenvalue weighted by atomic mass is 35.5. The molecule has 2 N–H and O–H groups in total. The fourth-order valence-corrected chi connectivity index (χ4v) is 2.02. The Morgan fingerprint density at radius 1 is 1.12 bits per heavy atom. The molecule has 0 saturated heterocycles. The van der Waals surface area contributed by atoms with E-state index in [1.54, 1.807) is 6.07 Å². The number of benzene rings is 2. The van der Waals surface area contributed by atoms with Crippen LogP contribution in [0.3, 0.4) is 0 Å². The third kappa shape index (κ3) is 4.96. The third-order valence-corrected chi connectivity index (χ3v) is 3.49. The van der Waals surface area contributed by atoms with E-state index in [9.17, 15) is 27.1 Å². The Balaban J connectivity index is 2.28. The van der Waals surface area contributed by atoms with Crippen LogP contribution in [-0.2, 0) is 6.18 Å². The van der Waals surface area contributed by atoms with Crippen LogP contribution in [0.1, 0.15) is 5.56 Å². The van der Waals surface area contributed by atoms with Crippen LogP contribution in [0.25, 0.3) is 0 Å². The van der Waals surface area contributed by atoms with Crippen LogP contribution in [0.15, 0.2) is 36.4 Å². The number of halogens is 6. The van der Waals surface area contributed by atoms with E-state index in [-0.39, 0.29) is 36.0 Å². The number of nitrogens with one attached hydrogen (secondary N) is 1. The fraction of sp³-hybridized carbons (Fsp3) is 0.250. The van der Waals surface area contributed by atoms with Gasteiger partial charge in [-0.2, -0.15) is 13.2 Å². The first-order chi connectivity index (χ1) is 11.7. The number of rotatable bonds is 6. The molecule has 0 bridgehead atoms. The minimum Gasteiger partial charge on any atom is -0.449 e. The largest absolute Gasteiger partial charge is 0.449 e. The zero-order valence-electron chi connectivity index (χ0n) is 12.6. The second-order valence-electron chi connectivity index (χ2n) is 5.05. The van der Waals surface area contributed by atoms with E-state index in [1.807, 2.05) is 0 Å². The number of aliphatic hydroxyl groups excluding tert-OH is 1. The van der Waals surface area contributed by atoms with Gasteiger partial charge < -0.3 is 15.2 Å². The van der Waals surface area contributed by atoms with Gasteiger partial charge in [-0.25, -0.2) is 8.78 Å². The van der Waals surface area contributed by atoms with Crippen molar-refractivity contribution >= 4 is 17.3 Å². The first-order valence-corrected chi connectivity index (χ1v) is 7.57. The van der Waals surface area contributed by atoms with Crippen molar-refractivity contribution in [3.8, 4) is 11.5 Å². The van der Waals surface area contributed by atoms with E-state index in [0.29, 0.717) is 0 Å². The summed E-state index contributed by atoms with van der Waals surface area (Å²) in [5.41, 5.74) is -1.17. The topological polar surface area (TPSA) is 41.5 Å². The van der Waals surface area contributed by atoms with Gasteiger partial charge in [0.25, 0.3) is 0 Å². The van der Waals surface area contributed by atoms with Gasteiger partial charge in [0.1, 0.15) is 0 Å². The maximum atomic E-state index is 13.9. The fourth-order valence-electron chi connectivity index (χ4n) is 1.92. The molecule has 0 aliphatic carbocycles. The Morgan fingerprint density at radius 2 is 1.72 bits per heavy atom. The second kappa shape index (κ2) is 7.88. The maximum absolute atomic E-state index is 13.9. The van der Waals surface area contributed by atoms with Crippen LogP contribution >= 0.6 is 11.6 Å². The highest BCUT2D eigenvalue weighted by Crippen LogP contribution is 2.37. The predicted octanol–water partition coefficient (Wildman–Crippen LogP) is 4.79. The summed E-state index contributed by atoms with van der Waals surface area (Å²) in [5, 5.41) is 12.2. The van der Waals surface area contributed by atoms with Gasteiger partial charge in [0.05, 0.1) is 23.2 Å². The van der Waals surface area contributed by atoms with E-state index in [2.05, 4.69) is 5.32 Å². The molecule has 2 rings (SSSR count). The molecule has 0 amide bonds. The van der Waals surface area contributed by atoms with E-state index in [1.165, 1.54) is 18.2 Å². The molecule has 2 aromatic rings. The van der Waals surface area contributed by atoms with Crippen molar-refractivity contribution in [2.75, 3.05) is 17.7 Å². The molecule has 0 spiro atoms. The highest BCUT2D eigenvalue weighted by molar-refractivity contribution is 6.18. The van der Waals surface area contributed by atoms with E-state index >= 15 is 0 Å². The van der Waals surface area contributed by atoms with Gasteiger partial charge in [-0.1, -0.05) is 12.1 Å². The molecule has 1 unspecified atom stereocenters. The van der Waals surface area contributed by atoms with Crippen molar-refractivity contribution in [2.24, 2.45) is 0 Å². The summed E-state index contributed by atoms with van der Waals surface area (Å²) >= 11 is 5.47. The molecule has 0 aliphatic heterocycles. The van der Waals surface area contributed by atoms with Gasteiger partial charge in [0.15, 0.2) is 23.1 Å². The van der Waals surface area contributed by atoms with Gasteiger partial charge in [-0.05, 0) is 24.3 Å². The Hall–Kier alpha value is -2.06. The zero-order chi connectivity index (χ0) is 18.6. The summed E-state index contributed by atoms with van der Waals surface area (Å²) < 4.78 is 70.6. The zero-order valence-corrected chi connectivity index (χ0v) is 13.3. The first-order valence-electron chi connectivity index (χ1n) is 7.03. The number of hydrogen-bond acceptors (Lipinski definition) is 3. The number of para-hydroxylation sites is 2. The van der Waals surface area contributed by atoms with Crippen molar-refractivity contribution in [2.45, 2.75) is 12.3 Å². The van der Waals surface area contributed by atoms with E-state index < -0.39 is 35.2 Å². The molecule has 25 heavy (non-hydrogen) atoms. The minimum absolute atomic E-state index is 0.0261. The summed E-state index contributed by atoms with van der Waals surface area (Å²) in [6, 6.07) is 6.31. The molecule has 1 atom stereocenters. The quantitative estimate of drug-likeness (QED) is 0.558. The number of anilines is 1. The summed E-state index contributed by atoms with van der Waals surface area (Å²) in [7, 11) is 0. The molecule has 9 heteroatoms. The summed E-state index contributed by atoms with van der Waals surface area (Å²) in [6.07, 6.45) is -5.74. The lowest BCUT2D eigenvalue weighted by Crippen LogP contribution is -2.20. The molecule has 0 aromatic heterocycles. The lowest BCUT2D eigenvalue weighted by molar-refractivity contribution is -0.138. The third-order valence-electron chi connectivity index (χ3n) is 3.13. The van der Waals surface area contributed by atoms with Gasteiger partial charge in [-0.15, -0.1) is 11.6 Å². The predicted molar refractivity (Wildman–Crippen MR) is 83.1 cm³/mol. The van der Waals surface area contributed by atoms with Crippen LogP contribution in [-0.4, -0.2) is 23.6 Å². The SMILES string of the molecule is OC(CCl)CNc1ccccc1Oc1c(F)cc(C(F)(F)F)cc1F. The average molecular weight is 382 g/mol. The molecule has 0 heterocycles. The molecule has 0 aliphatic rings. The van der Waals surface area contributed by atoms with Crippen LogP contribution in [0.5, 0.6) is 11.5 Å². The Kier molecular flexibility index (Phi) is 6.07. The smallest absolute Gasteiger partial charge is 0.416 e. The number of alkyl halides is 4. The molecule has 0 radical (unpaired) electrons. The summed E-state index contributed by atoms with van der Waals surface area (Å²) in [5.74, 6) is -3.98. The van der Waals surface area contributed by atoms with Crippen molar-refractivity contribution in [3.05, 3.63) is 53.6 Å². The van der Waals surface area contributed by atoms with Crippen LogP contribution in [0.2, 0.25) is 0 Å². The van der Waals surface area contributed by atoms with Crippen LogP contribution in [0.4, 0.5) is 27.6 Å². The maximum Gasteiger partial charge on any atom is 0.416 e. The van der Waals surface area contributed by atoms with Crippen molar-refractivity contribution in [1.29, 1.82) is 0 Å². The standard InChI is InChI=1S/C16H13ClF5NO2/c17-7-10(24)8-23-13-3-1-2-4-14(13)25-15-11(18)5-9(6-12(15)19)16(20,21)22/h1-6,10,23-24H,7-8H2. The lowest BCUT2D eigenvalue weighted by Gasteiger charge is -2.16. The van der Waals surface area contributed by atoms with Gasteiger partial charge in [0.2, 0.25) is 0 Å². The highest BCUT2D eigenvalue weighted by Gasteiger charge is 2.33.